The highest BCUT2D eigenvalue weighted by atomic mass is 16.6. The van der Waals surface area contributed by atoms with Crippen molar-refractivity contribution in [1.29, 1.82) is 0 Å². The van der Waals surface area contributed by atoms with Gasteiger partial charge in [0.1, 0.15) is 11.5 Å². The van der Waals surface area contributed by atoms with Gasteiger partial charge in [-0.15, -0.1) is 0 Å². The number of ether oxygens (including phenoxy) is 1. The fourth-order valence-electron chi connectivity index (χ4n) is 4.57. The molecule has 1 atom stereocenters. The number of ketones is 1. The average Bonchev–Trinajstić information content (AvgIpc) is 3.41. The van der Waals surface area contributed by atoms with Crippen LogP contribution in [0.3, 0.4) is 0 Å². The predicted octanol–water partition coefficient (Wildman–Crippen LogP) is 4.36. The first kappa shape index (κ1) is 21.5. The Kier molecular flexibility index (Phi) is 5.94. The molecule has 1 saturated carbocycles. The molecule has 1 N–H and O–H groups in total. The van der Waals surface area contributed by atoms with E-state index in [-0.39, 0.29) is 28.6 Å². The number of Topliss-reactive ketones (excluding diaryl/α,β-unsaturated/α-hetero) is 1. The molecule has 2 aromatic rings. The van der Waals surface area contributed by atoms with Crippen molar-refractivity contribution in [3.05, 3.63) is 75.3 Å². The molecular weight excluding hydrogens is 412 g/mol. The molecule has 166 valence electrons. The minimum atomic E-state index is -0.756. The van der Waals surface area contributed by atoms with E-state index < -0.39 is 22.7 Å². The number of carbonyl (C=O) groups is 2. The molecule has 8 heteroatoms. The SMILES string of the molecule is CCOc1cccc(C2/C(=C(\O)c3ccc([N+](=O)[O-])cc3)C(=O)C(=O)N2C2CCCC2)c1. The van der Waals surface area contributed by atoms with Gasteiger partial charge in [0.2, 0.25) is 0 Å². The van der Waals surface area contributed by atoms with Gasteiger partial charge in [0.25, 0.3) is 17.4 Å². The largest absolute Gasteiger partial charge is 0.507 e. The molecule has 1 aliphatic carbocycles. The molecule has 0 aromatic heterocycles. The van der Waals surface area contributed by atoms with Crippen molar-refractivity contribution in [3.63, 3.8) is 0 Å². The lowest BCUT2D eigenvalue weighted by Gasteiger charge is -2.31. The number of non-ortho nitro benzene ring substituents is 1. The number of aliphatic hydroxyl groups excluding tert-OH is 1. The van der Waals surface area contributed by atoms with Crippen LogP contribution in [0.25, 0.3) is 5.76 Å². The van der Waals surface area contributed by atoms with Crippen LogP contribution >= 0.6 is 0 Å². The van der Waals surface area contributed by atoms with Crippen LogP contribution in [0.1, 0.15) is 49.8 Å². The van der Waals surface area contributed by atoms with Crippen molar-refractivity contribution in [3.8, 4) is 5.75 Å². The number of nitro benzene ring substituents is 1. The van der Waals surface area contributed by atoms with Crippen LogP contribution in [0.2, 0.25) is 0 Å². The normalized spacial score (nSPS) is 20.7. The number of hydrogen-bond donors (Lipinski definition) is 1. The van der Waals surface area contributed by atoms with E-state index in [1.54, 1.807) is 23.1 Å². The molecule has 2 fully saturated rings. The summed E-state index contributed by atoms with van der Waals surface area (Å²) in [5, 5.41) is 22.0. The average molecular weight is 436 g/mol. The van der Waals surface area contributed by atoms with E-state index in [0.717, 1.165) is 25.7 Å². The van der Waals surface area contributed by atoms with E-state index >= 15 is 0 Å². The zero-order chi connectivity index (χ0) is 22.8. The summed E-state index contributed by atoms with van der Waals surface area (Å²) in [4.78, 5) is 38.2. The van der Waals surface area contributed by atoms with Crippen LogP contribution in [0.5, 0.6) is 5.75 Å². The number of hydrogen-bond acceptors (Lipinski definition) is 6. The van der Waals surface area contributed by atoms with E-state index in [4.69, 9.17) is 4.74 Å². The van der Waals surface area contributed by atoms with Gasteiger partial charge in [-0.3, -0.25) is 19.7 Å². The van der Waals surface area contributed by atoms with E-state index in [2.05, 4.69) is 0 Å². The summed E-state index contributed by atoms with van der Waals surface area (Å²) in [6, 6.07) is 11.6. The third-order valence-corrected chi connectivity index (χ3v) is 6.03. The lowest BCUT2D eigenvalue weighted by molar-refractivity contribution is -0.384. The van der Waals surface area contributed by atoms with Crippen molar-refractivity contribution < 1.29 is 24.4 Å². The molecule has 0 bridgehead atoms. The van der Waals surface area contributed by atoms with Crippen LogP contribution in [0.15, 0.2) is 54.1 Å². The highest BCUT2D eigenvalue weighted by Gasteiger charge is 2.49. The first-order chi connectivity index (χ1) is 15.4. The van der Waals surface area contributed by atoms with Gasteiger partial charge < -0.3 is 14.7 Å². The number of benzene rings is 2. The van der Waals surface area contributed by atoms with Crippen molar-refractivity contribution in [1.82, 2.24) is 4.90 Å². The zero-order valence-corrected chi connectivity index (χ0v) is 17.7. The van der Waals surface area contributed by atoms with Crippen molar-refractivity contribution in [2.24, 2.45) is 0 Å². The molecular formula is C24H24N2O6. The summed E-state index contributed by atoms with van der Waals surface area (Å²) < 4.78 is 5.61. The van der Waals surface area contributed by atoms with Gasteiger partial charge in [0.05, 0.1) is 23.1 Å². The molecule has 2 aliphatic rings. The van der Waals surface area contributed by atoms with E-state index in [1.807, 2.05) is 13.0 Å². The third kappa shape index (κ3) is 3.84. The Labute approximate surface area is 185 Å². The summed E-state index contributed by atoms with van der Waals surface area (Å²) in [6.07, 6.45) is 3.54. The Morgan fingerprint density at radius 1 is 1.16 bits per heavy atom. The summed E-state index contributed by atoms with van der Waals surface area (Å²) in [6.45, 7) is 2.33. The molecule has 0 spiro atoms. The molecule has 1 heterocycles. The third-order valence-electron chi connectivity index (χ3n) is 6.03. The smallest absolute Gasteiger partial charge is 0.295 e. The Bertz CT molecular complexity index is 1090. The first-order valence-corrected chi connectivity index (χ1v) is 10.7. The molecule has 1 aliphatic heterocycles. The van der Waals surface area contributed by atoms with Gasteiger partial charge in [-0.1, -0.05) is 25.0 Å². The van der Waals surface area contributed by atoms with Crippen molar-refractivity contribution in [2.75, 3.05) is 6.61 Å². The van der Waals surface area contributed by atoms with Gasteiger partial charge in [0, 0.05) is 23.7 Å². The highest BCUT2D eigenvalue weighted by molar-refractivity contribution is 6.46. The molecule has 1 unspecified atom stereocenters. The Hall–Kier alpha value is -3.68. The summed E-state index contributed by atoms with van der Waals surface area (Å²) in [5.41, 5.74) is 0.773. The summed E-state index contributed by atoms with van der Waals surface area (Å²) in [5.74, 6) is -1.12. The van der Waals surface area contributed by atoms with E-state index in [0.29, 0.717) is 17.9 Å². The summed E-state index contributed by atoms with van der Waals surface area (Å²) >= 11 is 0. The number of likely N-dealkylation sites (tertiary alicyclic amines) is 1. The van der Waals surface area contributed by atoms with Gasteiger partial charge >= 0.3 is 0 Å². The maximum Gasteiger partial charge on any atom is 0.295 e. The quantitative estimate of drug-likeness (QED) is 0.237. The van der Waals surface area contributed by atoms with Gasteiger partial charge in [-0.25, -0.2) is 0 Å². The standard InChI is InChI=1S/C24H24N2O6/c1-2-32-19-9-5-6-16(14-19)21-20(22(27)15-10-12-18(13-11-15)26(30)31)23(28)24(29)25(21)17-7-3-4-8-17/h5-6,9-14,17,21,27H,2-4,7-8H2,1H3/b22-20+. The van der Waals surface area contributed by atoms with Gasteiger partial charge in [-0.2, -0.15) is 0 Å². The lowest BCUT2D eigenvalue weighted by atomic mass is 9.94. The number of nitro groups is 1. The number of nitrogens with zero attached hydrogens (tertiary/aromatic N) is 2. The number of aliphatic hydroxyl groups is 1. The molecule has 1 amide bonds. The fraction of sp³-hybridized carbons (Fsp3) is 0.333. The topological polar surface area (TPSA) is 110 Å². The van der Waals surface area contributed by atoms with Gasteiger partial charge in [0.15, 0.2) is 0 Å². The monoisotopic (exact) mass is 436 g/mol. The Balaban J connectivity index is 1.85. The molecule has 8 nitrogen and oxygen atoms in total. The highest BCUT2D eigenvalue weighted by Crippen LogP contribution is 2.44. The lowest BCUT2D eigenvalue weighted by Crippen LogP contribution is -2.37. The summed E-state index contributed by atoms with van der Waals surface area (Å²) in [7, 11) is 0. The van der Waals surface area contributed by atoms with Crippen LogP contribution < -0.4 is 4.74 Å². The fourth-order valence-corrected chi connectivity index (χ4v) is 4.57. The molecule has 32 heavy (non-hydrogen) atoms. The maximum absolute atomic E-state index is 13.1. The number of amides is 1. The Morgan fingerprint density at radius 2 is 1.84 bits per heavy atom. The van der Waals surface area contributed by atoms with Gasteiger partial charge in [-0.05, 0) is 49.6 Å². The molecule has 2 aromatic carbocycles. The molecule has 1 saturated heterocycles. The van der Waals surface area contributed by atoms with Crippen LogP contribution in [-0.4, -0.2) is 39.3 Å². The minimum Gasteiger partial charge on any atom is -0.507 e. The number of rotatable bonds is 6. The minimum absolute atomic E-state index is 0.00981. The van der Waals surface area contributed by atoms with Crippen LogP contribution in [0.4, 0.5) is 5.69 Å². The van der Waals surface area contributed by atoms with E-state index in [9.17, 15) is 24.8 Å². The number of carbonyl (C=O) groups excluding carboxylic acids is 2. The second kappa shape index (κ2) is 8.82. The predicted molar refractivity (Wildman–Crippen MR) is 117 cm³/mol. The second-order valence-corrected chi connectivity index (χ2v) is 7.95. The second-order valence-electron chi connectivity index (χ2n) is 7.95. The first-order valence-electron chi connectivity index (χ1n) is 10.7. The van der Waals surface area contributed by atoms with Crippen LogP contribution in [0, 0.1) is 10.1 Å². The van der Waals surface area contributed by atoms with Crippen molar-refractivity contribution >= 4 is 23.1 Å². The van der Waals surface area contributed by atoms with Crippen molar-refractivity contribution in [2.45, 2.75) is 44.7 Å². The Morgan fingerprint density at radius 3 is 2.47 bits per heavy atom. The van der Waals surface area contributed by atoms with Crippen LogP contribution in [-0.2, 0) is 9.59 Å². The molecule has 4 rings (SSSR count). The molecule has 0 radical (unpaired) electrons. The van der Waals surface area contributed by atoms with E-state index in [1.165, 1.54) is 24.3 Å². The maximum atomic E-state index is 13.1. The zero-order valence-electron chi connectivity index (χ0n) is 17.7.